The van der Waals surface area contributed by atoms with Crippen LogP contribution in [0.5, 0.6) is 0 Å². The summed E-state index contributed by atoms with van der Waals surface area (Å²) in [5.41, 5.74) is 3.77. The Bertz CT molecular complexity index is 1060. The molecular weight excluding hydrogens is 414 g/mol. The SMILES string of the molecule is C[C@H](C(=O)N1CCN(c2ncccn2)CC1)N1CCc2c(ncn2CCc2ccccc2)C1. The highest BCUT2D eigenvalue weighted by Crippen LogP contribution is 2.21. The highest BCUT2D eigenvalue weighted by molar-refractivity contribution is 5.81. The van der Waals surface area contributed by atoms with E-state index in [0.717, 1.165) is 57.2 Å². The largest absolute Gasteiger partial charge is 0.338 e. The first kappa shape index (κ1) is 21.6. The summed E-state index contributed by atoms with van der Waals surface area (Å²) in [5.74, 6) is 0.944. The number of aryl methyl sites for hydroxylation is 2. The van der Waals surface area contributed by atoms with Gasteiger partial charge in [0.1, 0.15) is 0 Å². The second kappa shape index (κ2) is 9.70. The van der Waals surface area contributed by atoms with Crippen LogP contribution in [0.2, 0.25) is 0 Å². The molecule has 33 heavy (non-hydrogen) atoms. The molecular formula is C25H31N7O. The molecule has 1 aromatic carbocycles. The van der Waals surface area contributed by atoms with E-state index in [1.807, 2.05) is 24.2 Å². The lowest BCUT2D eigenvalue weighted by Gasteiger charge is -2.39. The van der Waals surface area contributed by atoms with E-state index in [2.05, 4.69) is 54.7 Å². The van der Waals surface area contributed by atoms with Gasteiger partial charge in [-0.2, -0.15) is 0 Å². The minimum Gasteiger partial charge on any atom is -0.338 e. The van der Waals surface area contributed by atoms with Crippen molar-refractivity contribution in [3.05, 3.63) is 72.1 Å². The van der Waals surface area contributed by atoms with Gasteiger partial charge >= 0.3 is 0 Å². The number of carbonyl (C=O) groups excluding carboxylic acids is 1. The lowest BCUT2D eigenvalue weighted by molar-refractivity contribution is -0.137. The smallest absolute Gasteiger partial charge is 0.239 e. The molecule has 0 spiro atoms. The summed E-state index contributed by atoms with van der Waals surface area (Å²) in [6, 6.07) is 12.2. The van der Waals surface area contributed by atoms with Gasteiger partial charge in [-0.25, -0.2) is 15.0 Å². The van der Waals surface area contributed by atoms with Crippen molar-refractivity contribution in [2.45, 2.75) is 38.9 Å². The molecule has 2 aliphatic rings. The topological polar surface area (TPSA) is 70.4 Å². The van der Waals surface area contributed by atoms with Crippen LogP contribution < -0.4 is 4.90 Å². The molecule has 2 aromatic heterocycles. The third-order valence-electron chi connectivity index (χ3n) is 6.84. The molecule has 0 N–H and O–H groups in total. The lowest BCUT2D eigenvalue weighted by Crippen LogP contribution is -2.55. The van der Waals surface area contributed by atoms with E-state index in [9.17, 15) is 4.79 Å². The van der Waals surface area contributed by atoms with E-state index in [1.54, 1.807) is 12.4 Å². The van der Waals surface area contributed by atoms with Crippen molar-refractivity contribution < 1.29 is 4.79 Å². The molecule has 8 heteroatoms. The standard InChI is InChI=1S/C25H31N7O/c1-20(24(33)29-14-16-30(17-15-29)25-26-10-5-11-27-25)31-13-9-23-22(18-31)28-19-32(23)12-8-21-6-3-2-4-7-21/h2-7,10-11,19-20H,8-9,12-18H2,1H3/t20-/m1/s1. The van der Waals surface area contributed by atoms with E-state index in [1.165, 1.54) is 11.3 Å². The van der Waals surface area contributed by atoms with Crippen LogP contribution in [0, 0.1) is 0 Å². The van der Waals surface area contributed by atoms with Gasteiger partial charge in [-0.15, -0.1) is 0 Å². The number of hydrogen-bond acceptors (Lipinski definition) is 6. The van der Waals surface area contributed by atoms with Gasteiger partial charge in [0.25, 0.3) is 0 Å². The molecule has 5 rings (SSSR count). The quantitative estimate of drug-likeness (QED) is 0.578. The highest BCUT2D eigenvalue weighted by atomic mass is 16.2. The Morgan fingerprint density at radius 3 is 2.48 bits per heavy atom. The number of piperazine rings is 1. The van der Waals surface area contributed by atoms with Gasteiger partial charge in [0.15, 0.2) is 0 Å². The number of aromatic nitrogens is 4. The number of fused-ring (bicyclic) bond motifs is 1. The second-order valence-electron chi connectivity index (χ2n) is 8.82. The first-order valence-electron chi connectivity index (χ1n) is 11.8. The predicted molar refractivity (Wildman–Crippen MR) is 127 cm³/mol. The van der Waals surface area contributed by atoms with Gasteiger partial charge in [-0.05, 0) is 25.0 Å². The first-order valence-corrected chi connectivity index (χ1v) is 11.8. The number of imidazole rings is 1. The number of carbonyl (C=O) groups is 1. The predicted octanol–water partition coefficient (Wildman–Crippen LogP) is 2.01. The van der Waals surface area contributed by atoms with Crippen LogP contribution in [-0.2, 0) is 30.7 Å². The number of hydrogen-bond donors (Lipinski definition) is 0. The first-order chi connectivity index (χ1) is 16.2. The molecule has 0 aliphatic carbocycles. The van der Waals surface area contributed by atoms with Crippen molar-refractivity contribution in [1.29, 1.82) is 0 Å². The fourth-order valence-electron chi connectivity index (χ4n) is 4.81. The van der Waals surface area contributed by atoms with E-state index in [-0.39, 0.29) is 11.9 Å². The van der Waals surface area contributed by atoms with E-state index in [4.69, 9.17) is 4.98 Å². The van der Waals surface area contributed by atoms with Gasteiger partial charge < -0.3 is 14.4 Å². The Labute approximate surface area is 194 Å². The second-order valence-corrected chi connectivity index (χ2v) is 8.82. The fraction of sp³-hybridized carbons (Fsp3) is 0.440. The number of nitrogens with zero attached hydrogens (tertiary/aromatic N) is 7. The van der Waals surface area contributed by atoms with Gasteiger partial charge in [-0.3, -0.25) is 9.69 Å². The summed E-state index contributed by atoms with van der Waals surface area (Å²) in [7, 11) is 0. The molecule has 0 unspecified atom stereocenters. The molecule has 2 aliphatic heterocycles. The number of amides is 1. The Kier molecular flexibility index (Phi) is 6.35. The van der Waals surface area contributed by atoms with Gasteiger partial charge in [0.2, 0.25) is 11.9 Å². The molecule has 172 valence electrons. The molecule has 0 radical (unpaired) electrons. The van der Waals surface area contributed by atoms with Crippen LogP contribution in [0.15, 0.2) is 55.1 Å². The van der Waals surface area contributed by atoms with E-state index < -0.39 is 0 Å². The Hall–Kier alpha value is -3.26. The maximum absolute atomic E-state index is 13.2. The van der Waals surface area contributed by atoms with Crippen LogP contribution in [0.4, 0.5) is 5.95 Å². The summed E-state index contributed by atoms with van der Waals surface area (Å²) in [4.78, 5) is 33.0. The minimum atomic E-state index is -0.146. The van der Waals surface area contributed by atoms with E-state index >= 15 is 0 Å². The normalized spacial score (nSPS) is 17.6. The molecule has 1 atom stereocenters. The Morgan fingerprint density at radius 2 is 1.73 bits per heavy atom. The zero-order valence-corrected chi connectivity index (χ0v) is 19.2. The molecule has 0 saturated carbocycles. The fourth-order valence-corrected chi connectivity index (χ4v) is 4.81. The summed E-state index contributed by atoms with van der Waals surface area (Å²) >= 11 is 0. The van der Waals surface area contributed by atoms with Crippen molar-refractivity contribution in [3.63, 3.8) is 0 Å². The molecule has 0 bridgehead atoms. The Morgan fingerprint density at radius 1 is 0.970 bits per heavy atom. The number of rotatable bonds is 6. The molecule has 1 saturated heterocycles. The van der Waals surface area contributed by atoms with Gasteiger partial charge in [0.05, 0.1) is 18.1 Å². The summed E-state index contributed by atoms with van der Waals surface area (Å²) in [6.45, 7) is 7.52. The van der Waals surface area contributed by atoms with Crippen LogP contribution in [0.1, 0.15) is 23.9 Å². The summed E-state index contributed by atoms with van der Waals surface area (Å²) in [6.07, 6.45) is 7.42. The maximum Gasteiger partial charge on any atom is 0.239 e. The number of anilines is 1. The third-order valence-corrected chi connectivity index (χ3v) is 6.84. The van der Waals surface area contributed by atoms with Crippen LogP contribution in [-0.4, -0.2) is 74.0 Å². The monoisotopic (exact) mass is 445 g/mol. The zero-order chi connectivity index (χ0) is 22.6. The average molecular weight is 446 g/mol. The van der Waals surface area contributed by atoms with Crippen LogP contribution in [0.25, 0.3) is 0 Å². The van der Waals surface area contributed by atoms with Crippen molar-refractivity contribution in [3.8, 4) is 0 Å². The summed E-state index contributed by atoms with van der Waals surface area (Å²) in [5, 5.41) is 0. The zero-order valence-electron chi connectivity index (χ0n) is 19.2. The molecule has 1 amide bonds. The van der Waals surface area contributed by atoms with Gasteiger partial charge in [0, 0.05) is 70.3 Å². The van der Waals surface area contributed by atoms with Gasteiger partial charge in [-0.1, -0.05) is 30.3 Å². The molecule has 4 heterocycles. The van der Waals surface area contributed by atoms with Crippen molar-refractivity contribution in [2.24, 2.45) is 0 Å². The minimum absolute atomic E-state index is 0.146. The van der Waals surface area contributed by atoms with Crippen molar-refractivity contribution in [1.82, 2.24) is 29.3 Å². The van der Waals surface area contributed by atoms with Crippen LogP contribution in [0.3, 0.4) is 0 Å². The van der Waals surface area contributed by atoms with Crippen molar-refractivity contribution >= 4 is 11.9 Å². The average Bonchev–Trinajstić information content (AvgIpc) is 3.30. The number of benzene rings is 1. The Balaban J connectivity index is 1.15. The molecule has 3 aromatic rings. The van der Waals surface area contributed by atoms with Crippen LogP contribution >= 0.6 is 0 Å². The maximum atomic E-state index is 13.2. The van der Waals surface area contributed by atoms with Crippen molar-refractivity contribution in [2.75, 3.05) is 37.6 Å². The molecule has 1 fully saturated rings. The van der Waals surface area contributed by atoms with E-state index in [0.29, 0.717) is 13.1 Å². The third kappa shape index (κ3) is 4.75. The summed E-state index contributed by atoms with van der Waals surface area (Å²) < 4.78 is 2.29. The lowest BCUT2D eigenvalue weighted by atomic mass is 10.1. The highest BCUT2D eigenvalue weighted by Gasteiger charge is 2.32. The molecule has 8 nitrogen and oxygen atoms in total.